The monoisotopic (exact) mass is 465 g/mol. The zero-order valence-corrected chi connectivity index (χ0v) is 19.6. The molecule has 172 valence electrons. The van der Waals surface area contributed by atoms with Crippen LogP contribution in [-0.2, 0) is 16.6 Å². The molecule has 1 saturated heterocycles. The zero-order valence-electron chi connectivity index (χ0n) is 18.8. The number of halogens is 1. The standard InChI is InChI=1S/C25H28ClN5O2/c1-2-22-28-23(29-33-22)18-5-10-21(27-17-18)30-13-15-31(16-14-30)24(32)25(11-3-4-12-25)19-6-8-20(26)9-7-19/h5-10,17H,2-4,11-16H2,1H3. The molecule has 1 amide bonds. The second-order valence-corrected chi connectivity index (χ2v) is 9.28. The first-order chi connectivity index (χ1) is 16.1. The van der Waals surface area contributed by atoms with Crippen molar-refractivity contribution in [1.29, 1.82) is 0 Å². The van der Waals surface area contributed by atoms with Crippen molar-refractivity contribution in [2.45, 2.75) is 44.4 Å². The van der Waals surface area contributed by atoms with Gasteiger partial charge < -0.3 is 14.3 Å². The van der Waals surface area contributed by atoms with Gasteiger partial charge >= 0.3 is 0 Å². The topological polar surface area (TPSA) is 75.4 Å². The lowest BCUT2D eigenvalue weighted by molar-refractivity contribution is -0.137. The Kier molecular flexibility index (Phi) is 6.06. The van der Waals surface area contributed by atoms with Gasteiger partial charge in [-0.25, -0.2) is 4.98 Å². The zero-order chi connectivity index (χ0) is 22.8. The van der Waals surface area contributed by atoms with Crippen molar-refractivity contribution in [3.63, 3.8) is 0 Å². The fourth-order valence-electron chi connectivity index (χ4n) is 5.04. The average molecular weight is 466 g/mol. The smallest absolute Gasteiger partial charge is 0.233 e. The summed E-state index contributed by atoms with van der Waals surface area (Å²) >= 11 is 6.10. The van der Waals surface area contributed by atoms with Gasteiger partial charge in [0.25, 0.3) is 0 Å². The maximum Gasteiger partial charge on any atom is 0.233 e. The number of hydrogen-bond donors (Lipinski definition) is 0. The van der Waals surface area contributed by atoms with E-state index in [2.05, 4.69) is 20.0 Å². The first-order valence-electron chi connectivity index (χ1n) is 11.7. The molecular formula is C25H28ClN5O2. The molecule has 0 spiro atoms. The van der Waals surface area contributed by atoms with Crippen LogP contribution in [0, 0.1) is 0 Å². The van der Waals surface area contributed by atoms with Crippen LogP contribution in [0.25, 0.3) is 11.4 Å². The molecule has 2 aliphatic rings. The van der Waals surface area contributed by atoms with E-state index in [-0.39, 0.29) is 5.91 Å². The van der Waals surface area contributed by atoms with Gasteiger partial charge in [-0.3, -0.25) is 4.79 Å². The Labute approximate surface area is 198 Å². The summed E-state index contributed by atoms with van der Waals surface area (Å²) in [5.74, 6) is 2.34. The Morgan fingerprint density at radius 1 is 1.06 bits per heavy atom. The van der Waals surface area contributed by atoms with Crippen LogP contribution in [0.4, 0.5) is 5.82 Å². The van der Waals surface area contributed by atoms with Crippen LogP contribution in [0.1, 0.15) is 44.1 Å². The molecule has 0 N–H and O–H groups in total. The minimum atomic E-state index is -0.408. The van der Waals surface area contributed by atoms with Crippen LogP contribution in [0.15, 0.2) is 47.1 Å². The minimum absolute atomic E-state index is 0.258. The number of carbonyl (C=O) groups is 1. The van der Waals surface area contributed by atoms with E-state index in [4.69, 9.17) is 16.1 Å². The van der Waals surface area contributed by atoms with Crippen LogP contribution in [-0.4, -0.2) is 52.1 Å². The van der Waals surface area contributed by atoms with E-state index in [1.54, 1.807) is 6.20 Å². The first-order valence-corrected chi connectivity index (χ1v) is 12.1. The molecule has 0 unspecified atom stereocenters. The predicted octanol–water partition coefficient (Wildman–Crippen LogP) is 4.51. The summed E-state index contributed by atoms with van der Waals surface area (Å²) in [6, 6.07) is 11.8. The molecule has 33 heavy (non-hydrogen) atoms. The van der Waals surface area contributed by atoms with Crippen molar-refractivity contribution < 1.29 is 9.32 Å². The third-order valence-corrected chi connectivity index (χ3v) is 7.18. The van der Waals surface area contributed by atoms with E-state index in [1.165, 1.54) is 0 Å². The minimum Gasteiger partial charge on any atom is -0.353 e. The van der Waals surface area contributed by atoms with Gasteiger partial charge in [0, 0.05) is 49.4 Å². The van der Waals surface area contributed by atoms with Crippen molar-refractivity contribution >= 4 is 23.3 Å². The number of rotatable bonds is 5. The van der Waals surface area contributed by atoms with Crippen molar-refractivity contribution in [1.82, 2.24) is 20.0 Å². The second kappa shape index (κ2) is 9.14. The molecule has 0 atom stereocenters. The van der Waals surface area contributed by atoms with Crippen molar-refractivity contribution in [2.24, 2.45) is 0 Å². The molecular weight excluding hydrogens is 438 g/mol. The van der Waals surface area contributed by atoms with Crippen molar-refractivity contribution in [3.8, 4) is 11.4 Å². The van der Waals surface area contributed by atoms with Gasteiger partial charge in [0.1, 0.15) is 5.82 Å². The third-order valence-electron chi connectivity index (χ3n) is 6.93. The Balaban J connectivity index is 1.25. The largest absolute Gasteiger partial charge is 0.353 e. The molecule has 1 aliphatic heterocycles. The molecule has 7 nitrogen and oxygen atoms in total. The highest BCUT2D eigenvalue weighted by molar-refractivity contribution is 6.30. The molecule has 3 heterocycles. The summed E-state index contributed by atoms with van der Waals surface area (Å²) in [5, 5.41) is 4.72. The average Bonchev–Trinajstić information content (AvgIpc) is 3.55. The molecule has 5 rings (SSSR count). The number of hydrogen-bond acceptors (Lipinski definition) is 6. The predicted molar refractivity (Wildman–Crippen MR) is 127 cm³/mol. The van der Waals surface area contributed by atoms with Crippen LogP contribution >= 0.6 is 11.6 Å². The van der Waals surface area contributed by atoms with E-state index < -0.39 is 5.41 Å². The summed E-state index contributed by atoms with van der Waals surface area (Å²) in [4.78, 5) is 27.0. The maximum atomic E-state index is 13.7. The molecule has 8 heteroatoms. The highest BCUT2D eigenvalue weighted by atomic mass is 35.5. The highest BCUT2D eigenvalue weighted by Crippen LogP contribution is 2.43. The lowest BCUT2D eigenvalue weighted by atomic mass is 9.77. The number of carbonyl (C=O) groups excluding carboxylic acids is 1. The van der Waals surface area contributed by atoms with E-state index in [9.17, 15) is 4.79 Å². The normalized spacial score (nSPS) is 18.0. The Morgan fingerprint density at radius 2 is 1.79 bits per heavy atom. The number of aryl methyl sites for hydroxylation is 1. The maximum absolute atomic E-state index is 13.7. The molecule has 3 aromatic rings. The molecule has 0 bridgehead atoms. The van der Waals surface area contributed by atoms with E-state index >= 15 is 0 Å². The van der Waals surface area contributed by atoms with Gasteiger partial charge in [-0.15, -0.1) is 0 Å². The fourth-order valence-corrected chi connectivity index (χ4v) is 5.16. The van der Waals surface area contributed by atoms with Crippen molar-refractivity contribution in [3.05, 3.63) is 59.1 Å². The van der Waals surface area contributed by atoms with Crippen LogP contribution < -0.4 is 4.90 Å². The SMILES string of the molecule is CCc1nc(-c2ccc(N3CCN(C(=O)C4(c5ccc(Cl)cc5)CCCC4)CC3)nc2)no1. The summed E-state index contributed by atoms with van der Waals surface area (Å²) in [5.41, 5.74) is 1.53. The van der Waals surface area contributed by atoms with E-state index in [0.717, 1.165) is 55.7 Å². The number of benzene rings is 1. The first kappa shape index (κ1) is 21.9. The van der Waals surface area contributed by atoms with Gasteiger partial charge in [0.15, 0.2) is 0 Å². The van der Waals surface area contributed by atoms with E-state index in [1.807, 2.05) is 48.2 Å². The molecule has 0 radical (unpaired) electrons. The van der Waals surface area contributed by atoms with Gasteiger partial charge in [0.05, 0.1) is 5.41 Å². The fraction of sp³-hybridized carbons (Fsp3) is 0.440. The Bertz CT molecular complexity index is 1100. The number of piperazine rings is 1. The molecule has 1 aliphatic carbocycles. The number of pyridine rings is 1. The van der Waals surface area contributed by atoms with Crippen LogP contribution in [0.5, 0.6) is 0 Å². The lowest BCUT2D eigenvalue weighted by Crippen LogP contribution is -2.54. The summed E-state index contributed by atoms with van der Waals surface area (Å²) in [6.45, 7) is 4.89. The van der Waals surface area contributed by atoms with E-state index in [0.29, 0.717) is 36.2 Å². The molecule has 2 fully saturated rings. The molecule has 1 aromatic carbocycles. The van der Waals surface area contributed by atoms with Gasteiger partial charge in [0.2, 0.25) is 17.6 Å². The number of nitrogens with zero attached hydrogens (tertiary/aromatic N) is 5. The molecule has 2 aromatic heterocycles. The quantitative estimate of drug-likeness (QED) is 0.552. The lowest BCUT2D eigenvalue weighted by Gasteiger charge is -2.40. The molecule has 1 saturated carbocycles. The number of anilines is 1. The van der Waals surface area contributed by atoms with Gasteiger partial charge in [-0.1, -0.05) is 48.7 Å². The third kappa shape index (κ3) is 4.22. The summed E-state index contributed by atoms with van der Waals surface area (Å²) in [7, 11) is 0. The number of aromatic nitrogens is 3. The van der Waals surface area contributed by atoms with Crippen LogP contribution in [0.2, 0.25) is 5.02 Å². The van der Waals surface area contributed by atoms with Crippen molar-refractivity contribution in [2.75, 3.05) is 31.1 Å². The summed E-state index contributed by atoms with van der Waals surface area (Å²) in [6.07, 6.45) is 6.49. The van der Waals surface area contributed by atoms with Crippen LogP contribution in [0.3, 0.4) is 0 Å². The Morgan fingerprint density at radius 3 is 2.39 bits per heavy atom. The summed E-state index contributed by atoms with van der Waals surface area (Å²) < 4.78 is 5.19. The Hall–Kier alpha value is -2.93. The van der Waals surface area contributed by atoms with Gasteiger partial charge in [-0.05, 0) is 42.7 Å². The van der Waals surface area contributed by atoms with Gasteiger partial charge in [-0.2, -0.15) is 4.98 Å². The number of amides is 1. The second-order valence-electron chi connectivity index (χ2n) is 8.85. The highest BCUT2D eigenvalue weighted by Gasteiger charge is 2.45.